The molecule has 0 spiro atoms. The Bertz CT molecular complexity index is 1080. The van der Waals surface area contributed by atoms with Gasteiger partial charge in [-0.1, -0.05) is 42.5 Å². The van der Waals surface area contributed by atoms with E-state index in [4.69, 9.17) is 15.5 Å². The largest absolute Gasteiger partial charge is 0.444 e. The maximum Gasteiger partial charge on any atom is 0.410 e. The molecule has 176 valence electrons. The number of carbonyl (C=O) groups excluding carboxylic acids is 1. The number of aryl methyl sites for hydroxylation is 1. The van der Waals surface area contributed by atoms with Crippen LogP contribution in [0.3, 0.4) is 0 Å². The van der Waals surface area contributed by atoms with Crippen molar-refractivity contribution in [3.05, 3.63) is 66.0 Å². The molecular weight excluding hydrogens is 412 g/mol. The highest BCUT2D eigenvalue weighted by molar-refractivity contribution is 5.76. The summed E-state index contributed by atoms with van der Waals surface area (Å²) in [4.78, 5) is 19.3. The van der Waals surface area contributed by atoms with Crippen molar-refractivity contribution in [2.24, 2.45) is 11.1 Å². The lowest BCUT2D eigenvalue weighted by molar-refractivity contribution is 0.00638. The first kappa shape index (κ1) is 23.3. The average molecular weight is 449 g/mol. The van der Waals surface area contributed by atoms with Crippen LogP contribution >= 0.6 is 0 Å². The van der Waals surface area contributed by atoms with Crippen LogP contribution in [0, 0.1) is 5.41 Å². The summed E-state index contributed by atoms with van der Waals surface area (Å²) in [5.74, 6) is 0.921. The number of ether oxygens (including phenoxy) is 1. The number of hydrogen-bond acceptors (Lipinski definition) is 4. The summed E-state index contributed by atoms with van der Waals surface area (Å²) in [5, 5.41) is 0. The summed E-state index contributed by atoms with van der Waals surface area (Å²) in [6.07, 6.45) is 3.70. The van der Waals surface area contributed by atoms with Gasteiger partial charge in [-0.2, -0.15) is 0 Å². The lowest BCUT2D eigenvalue weighted by atomic mass is 9.74. The normalized spacial score (nSPS) is 16.2. The van der Waals surface area contributed by atoms with Crippen LogP contribution in [-0.4, -0.2) is 39.2 Å². The van der Waals surface area contributed by atoms with Crippen LogP contribution in [0.5, 0.6) is 0 Å². The number of nitrogens with zero attached hydrogens (tertiary/aromatic N) is 3. The summed E-state index contributed by atoms with van der Waals surface area (Å²) in [5.41, 5.74) is 9.14. The molecule has 1 aliphatic rings. The van der Waals surface area contributed by atoms with Crippen molar-refractivity contribution in [2.45, 2.75) is 65.1 Å². The molecule has 33 heavy (non-hydrogen) atoms. The first-order valence-electron chi connectivity index (χ1n) is 11.9. The topological polar surface area (TPSA) is 73.4 Å². The number of rotatable bonds is 6. The molecule has 1 amide bonds. The molecule has 0 bridgehead atoms. The Kier molecular flexibility index (Phi) is 6.75. The van der Waals surface area contributed by atoms with E-state index >= 15 is 0 Å². The summed E-state index contributed by atoms with van der Waals surface area (Å²) in [6.45, 7) is 8.41. The van der Waals surface area contributed by atoms with E-state index in [0.717, 1.165) is 49.1 Å². The first-order chi connectivity index (χ1) is 15.8. The molecule has 0 aliphatic carbocycles. The van der Waals surface area contributed by atoms with Crippen LogP contribution in [-0.2, 0) is 24.2 Å². The molecule has 0 saturated carbocycles. The van der Waals surface area contributed by atoms with E-state index in [9.17, 15) is 4.79 Å². The third kappa shape index (κ3) is 5.56. The second-order valence-corrected chi connectivity index (χ2v) is 10.3. The van der Waals surface area contributed by atoms with Gasteiger partial charge in [0.2, 0.25) is 0 Å². The molecule has 1 saturated heterocycles. The molecule has 2 aromatic carbocycles. The SMILES string of the molecule is CC(C)(C)OC(=O)N1CCC(CCc2ccccc2)(Cn2c(CN)nc3ccccc32)CC1. The number of aromatic nitrogens is 2. The fourth-order valence-corrected chi connectivity index (χ4v) is 4.82. The van der Waals surface area contributed by atoms with Gasteiger partial charge in [-0.3, -0.25) is 0 Å². The molecule has 0 atom stereocenters. The van der Waals surface area contributed by atoms with Gasteiger partial charge >= 0.3 is 6.09 Å². The first-order valence-corrected chi connectivity index (χ1v) is 11.9. The predicted molar refractivity (Wildman–Crippen MR) is 132 cm³/mol. The van der Waals surface area contributed by atoms with Crippen molar-refractivity contribution in [3.63, 3.8) is 0 Å². The molecule has 1 aliphatic heterocycles. The number of hydrogen-bond donors (Lipinski definition) is 1. The van der Waals surface area contributed by atoms with Crippen molar-refractivity contribution in [2.75, 3.05) is 13.1 Å². The Morgan fingerprint density at radius 1 is 1.06 bits per heavy atom. The molecule has 6 nitrogen and oxygen atoms in total. The lowest BCUT2D eigenvalue weighted by Gasteiger charge is -2.43. The van der Waals surface area contributed by atoms with E-state index in [1.807, 2.05) is 37.8 Å². The van der Waals surface area contributed by atoms with Gasteiger partial charge < -0.3 is 19.9 Å². The molecule has 2 N–H and O–H groups in total. The lowest BCUT2D eigenvalue weighted by Crippen LogP contribution is -2.46. The van der Waals surface area contributed by atoms with Gasteiger partial charge in [-0.15, -0.1) is 0 Å². The number of likely N-dealkylation sites (tertiary alicyclic amines) is 1. The number of piperidine rings is 1. The Balaban J connectivity index is 1.58. The third-order valence-corrected chi connectivity index (χ3v) is 6.67. The second-order valence-electron chi connectivity index (χ2n) is 10.3. The average Bonchev–Trinajstić information content (AvgIpc) is 3.15. The fraction of sp³-hybridized carbons (Fsp3) is 0.481. The van der Waals surface area contributed by atoms with E-state index in [1.165, 1.54) is 5.56 Å². The molecule has 6 heteroatoms. The summed E-state index contributed by atoms with van der Waals surface area (Å²) >= 11 is 0. The fourth-order valence-electron chi connectivity index (χ4n) is 4.82. The number of amides is 1. The molecule has 0 unspecified atom stereocenters. The van der Waals surface area contributed by atoms with Crippen molar-refractivity contribution in [1.29, 1.82) is 0 Å². The third-order valence-electron chi connectivity index (χ3n) is 6.67. The zero-order chi connectivity index (χ0) is 23.5. The Labute approximate surface area is 196 Å². The minimum absolute atomic E-state index is 0.0573. The van der Waals surface area contributed by atoms with Crippen LogP contribution in [0.2, 0.25) is 0 Å². The highest BCUT2D eigenvalue weighted by Crippen LogP contribution is 2.39. The monoisotopic (exact) mass is 448 g/mol. The predicted octanol–water partition coefficient (Wildman–Crippen LogP) is 5.15. The molecule has 3 aromatic rings. The maximum atomic E-state index is 12.7. The Hall–Kier alpha value is -2.86. The molecule has 2 heterocycles. The second kappa shape index (κ2) is 9.56. The number of para-hydroxylation sites is 2. The van der Waals surface area contributed by atoms with Gasteiger partial charge in [-0.05, 0) is 69.6 Å². The van der Waals surface area contributed by atoms with E-state index in [0.29, 0.717) is 19.6 Å². The summed E-state index contributed by atoms with van der Waals surface area (Å²) in [7, 11) is 0. The number of benzene rings is 2. The Morgan fingerprint density at radius 2 is 1.73 bits per heavy atom. The smallest absolute Gasteiger partial charge is 0.410 e. The van der Waals surface area contributed by atoms with Gasteiger partial charge in [0.05, 0.1) is 17.6 Å². The highest BCUT2D eigenvalue weighted by Gasteiger charge is 2.38. The van der Waals surface area contributed by atoms with E-state index in [1.54, 1.807) is 0 Å². The van der Waals surface area contributed by atoms with Crippen molar-refractivity contribution in [3.8, 4) is 0 Å². The molecule has 1 fully saturated rings. The number of nitrogens with two attached hydrogens (primary N) is 1. The van der Waals surface area contributed by atoms with Gasteiger partial charge in [0.25, 0.3) is 0 Å². The molecule has 0 radical (unpaired) electrons. The minimum Gasteiger partial charge on any atom is -0.444 e. The molecule has 4 rings (SSSR count). The zero-order valence-electron chi connectivity index (χ0n) is 20.1. The van der Waals surface area contributed by atoms with Crippen molar-refractivity contribution < 1.29 is 9.53 Å². The van der Waals surface area contributed by atoms with Crippen LogP contribution < -0.4 is 5.73 Å². The number of imidazole rings is 1. The van der Waals surface area contributed by atoms with Crippen LogP contribution in [0.1, 0.15) is 51.4 Å². The van der Waals surface area contributed by atoms with Gasteiger partial charge in [0.1, 0.15) is 11.4 Å². The van der Waals surface area contributed by atoms with Gasteiger partial charge in [0, 0.05) is 19.6 Å². The van der Waals surface area contributed by atoms with E-state index in [-0.39, 0.29) is 11.5 Å². The standard InChI is InChI=1S/C27H36N4O2/c1-26(2,3)33-25(32)30-17-15-27(16-18-30,14-13-21-9-5-4-6-10-21)20-31-23-12-8-7-11-22(23)29-24(31)19-28/h4-12H,13-20,28H2,1-3H3. The van der Waals surface area contributed by atoms with Crippen LogP contribution in [0.25, 0.3) is 11.0 Å². The summed E-state index contributed by atoms with van der Waals surface area (Å²) < 4.78 is 7.94. The van der Waals surface area contributed by atoms with Gasteiger partial charge in [-0.25, -0.2) is 9.78 Å². The van der Waals surface area contributed by atoms with E-state index < -0.39 is 5.60 Å². The number of carbonyl (C=O) groups is 1. The van der Waals surface area contributed by atoms with Crippen LogP contribution in [0.15, 0.2) is 54.6 Å². The zero-order valence-corrected chi connectivity index (χ0v) is 20.1. The van der Waals surface area contributed by atoms with Crippen molar-refractivity contribution >= 4 is 17.1 Å². The van der Waals surface area contributed by atoms with Gasteiger partial charge in [0.15, 0.2) is 0 Å². The number of fused-ring (bicyclic) bond motifs is 1. The summed E-state index contributed by atoms with van der Waals surface area (Å²) in [6, 6.07) is 18.9. The molecular formula is C27H36N4O2. The molecule has 1 aromatic heterocycles. The maximum absolute atomic E-state index is 12.7. The highest BCUT2D eigenvalue weighted by atomic mass is 16.6. The van der Waals surface area contributed by atoms with Crippen LogP contribution in [0.4, 0.5) is 4.79 Å². The quantitative estimate of drug-likeness (QED) is 0.566. The van der Waals surface area contributed by atoms with E-state index in [2.05, 4.69) is 47.0 Å². The minimum atomic E-state index is -0.481. The Morgan fingerprint density at radius 3 is 2.39 bits per heavy atom. The van der Waals surface area contributed by atoms with Crippen molar-refractivity contribution in [1.82, 2.24) is 14.5 Å².